The highest BCUT2D eigenvalue weighted by Gasteiger charge is 2.12. The summed E-state index contributed by atoms with van der Waals surface area (Å²) in [5.41, 5.74) is 3.84. The molecular weight excluding hydrogens is 378 g/mol. The number of methoxy groups -OCH3 is 1. The van der Waals surface area contributed by atoms with Gasteiger partial charge in [0.15, 0.2) is 0 Å². The maximum Gasteiger partial charge on any atom is 0.345 e. The topological polar surface area (TPSA) is 97.0 Å². The summed E-state index contributed by atoms with van der Waals surface area (Å²) in [7, 11) is 1.58. The minimum absolute atomic E-state index is 0.136. The van der Waals surface area contributed by atoms with Gasteiger partial charge < -0.3 is 14.3 Å². The summed E-state index contributed by atoms with van der Waals surface area (Å²) >= 11 is 1.27. The molecule has 0 spiro atoms. The summed E-state index contributed by atoms with van der Waals surface area (Å²) in [5, 5.41) is 15.1. The van der Waals surface area contributed by atoms with E-state index < -0.39 is 5.63 Å². The Kier molecular flexibility index (Phi) is 4.77. The number of aromatic nitrogens is 1. The third-order valence-electron chi connectivity index (χ3n) is 4.01. The van der Waals surface area contributed by atoms with E-state index in [0.29, 0.717) is 32.5 Å². The second-order valence-corrected chi connectivity index (χ2v) is 6.84. The van der Waals surface area contributed by atoms with E-state index in [1.54, 1.807) is 61.8 Å². The molecule has 0 atom stereocenters. The average molecular weight is 393 g/mol. The Hall–Kier alpha value is -3.65. The fourth-order valence-electron chi connectivity index (χ4n) is 2.60. The monoisotopic (exact) mass is 393 g/mol. The summed E-state index contributed by atoms with van der Waals surface area (Å²) in [6, 6.07) is 13.9. The number of phenols is 1. The first-order valence-electron chi connectivity index (χ1n) is 8.29. The van der Waals surface area contributed by atoms with Crippen LogP contribution in [0.15, 0.2) is 69.0 Å². The number of ether oxygens (including phenoxy) is 1. The van der Waals surface area contributed by atoms with Crippen LogP contribution in [0.25, 0.3) is 21.4 Å². The van der Waals surface area contributed by atoms with Crippen molar-refractivity contribution in [2.24, 2.45) is 5.10 Å². The SMILES string of the molecule is COc1ccc2oc(=O)c(-c3cnc(N/N=C/c4ccccc4O)s3)cc2c1. The Bertz CT molecular complexity index is 1230. The van der Waals surface area contributed by atoms with E-state index >= 15 is 0 Å². The molecule has 0 amide bonds. The molecule has 140 valence electrons. The first-order valence-corrected chi connectivity index (χ1v) is 9.11. The van der Waals surface area contributed by atoms with Crippen LogP contribution < -0.4 is 15.8 Å². The van der Waals surface area contributed by atoms with Crippen molar-refractivity contribution < 1.29 is 14.3 Å². The van der Waals surface area contributed by atoms with E-state index in [2.05, 4.69) is 15.5 Å². The predicted molar refractivity (Wildman–Crippen MR) is 109 cm³/mol. The smallest absolute Gasteiger partial charge is 0.345 e. The molecule has 0 aliphatic heterocycles. The fourth-order valence-corrected chi connectivity index (χ4v) is 3.37. The number of thiazole rings is 1. The van der Waals surface area contributed by atoms with E-state index in [0.717, 1.165) is 5.39 Å². The van der Waals surface area contributed by atoms with Crippen molar-refractivity contribution in [3.05, 3.63) is 70.7 Å². The predicted octanol–water partition coefficient (Wildman–Crippen LogP) is 4.08. The molecule has 2 aromatic heterocycles. The van der Waals surface area contributed by atoms with Crippen LogP contribution in [0, 0.1) is 0 Å². The number of fused-ring (bicyclic) bond motifs is 1. The normalized spacial score (nSPS) is 11.2. The van der Waals surface area contributed by atoms with Gasteiger partial charge in [0.2, 0.25) is 5.13 Å². The molecule has 0 aliphatic rings. The summed E-state index contributed by atoms with van der Waals surface area (Å²) in [5.74, 6) is 0.814. The van der Waals surface area contributed by atoms with E-state index in [4.69, 9.17) is 9.15 Å². The van der Waals surface area contributed by atoms with Gasteiger partial charge in [-0.05, 0) is 36.4 Å². The van der Waals surface area contributed by atoms with Gasteiger partial charge in [-0.2, -0.15) is 5.10 Å². The highest BCUT2D eigenvalue weighted by atomic mass is 32.1. The Morgan fingerprint density at radius 2 is 2.11 bits per heavy atom. The van der Waals surface area contributed by atoms with E-state index in [9.17, 15) is 9.90 Å². The number of phenolic OH excluding ortho intramolecular Hbond substituents is 1. The number of rotatable bonds is 5. The number of hydrogen-bond donors (Lipinski definition) is 2. The molecule has 0 saturated carbocycles. The van der Waals surface area contributed by atoms with Crippen LogP contribution in [0.5, 0.6) is 11.5 Å². The Balaban J connectivity index is 1.59. The molecule has 0 fully saturated rings. The highest BCUT2D eigenvalue weighted by molar-refractivity contribution is 7.18. The van der Waals surface area contributed by atoms with Crippen molar-refractivity contribution in [1.82, 2.24) is 4.98 Å². The third kappa shape index (κ3) is 3.58. The van der Waals surface area contributed by atoms with E-state index in [1.165, 1.54) is 17.6 Å². The molecule has 4 aromatic rings. The van der Waals surface area contributed by atoms with Crippen molar-refractivity contribution in [1.29, 1.82) is 0 Å². The van der Waals surface area contributed by atoms with Crippen LogP contribution in [-0.4, -0.2) is 23.4 Å². The first-order chi connectivity index (χ1) is 13.6. The Labute approximate surface area is 163 Å². The summed E-state index contributed by atoms with van der Waals surface area (Å²) in [6.07, 6.45) is 3.08. The molecule has 0 radical (unpaired) electrons. The number of anilines is 1. The minimum Gasteiger partial charge on any atom is -0.507 e. The number of nitrogens with one attached hydrogen (secondary N) is 1. The quantitative estimate of drug-likeness (QED) is 0.301. The molecule has 0 unspecified atom stereocenters. The van der Waals surface area contributed by atoms with Crippen LogP contribution in [0.1, 0.15) is 5.56 Å². The van der Waals surface area contributed by atoms with Gasteiger partial charge in [-0.1, -0.05) is 23.5 Å². The molecular formula is C20H15N3O4S. The van der Waals surface area contributed by atoms with Gasteiger partial charge in [0.25, 0.3) is 0 Å². The number of para-hydroxylation sites is 1. The zero-order valence-electron chi connectivity index (χ0n) is 14.7. The molecule has 2 N–H and O–H groups in total. The maximum atomic E-state index is 12.3. The molecule has 8 heteroatoms. The second kappa shape index (κ2) is 7.53. The number of hydrazone groups is 1. The van der Waals surface area contributed by atoms with Crippen LogP contribution in [0.4, 0.5) is 5.13 Å². The van der Waals surface area contributed by atoms with Crippen LogP contribution in [-0.2, 0) is 0 Å². The van der Waals surface area contributed by atoms with Gasteiger partial charge in [-0.3, -0.25) is 5.43 Å². The van der Waals surface area contributed by atoms with Crippen molar-refractivity contribution in [2.75, 3.05) is 12.5 Å². The lowest BCUT2D eigenvalue weighted by atomic mass is 10.1. The van der Waals surface area contributed by atoms with E-state index in [-0.39, 0.29) is 5.75 Å². The van der Waals surface area contributed by atoms with Crippen molar-refractivity contribution >= 4 is 33.7 Å². The van der Waals surface area contributed by atoms with Gasteiger partial charge in [0.1, 0.15) is 17.1 Å². The van der Waals surface area contributed by atoms with Gasteiger partial charge in [-0.25, -0.2) is 9.78 Å². The van der Waals surface area contributed by atoms with Gasteiger partial charge in [0, 0.05) is 17.1 Å². The molecule has 28 heavy (non-hydrogen) atoms. The number of nitrogens with zero attached hydrogens (tertiary/aromatic N) is 2. The minimum atomic E-state index is -0.439. The van der Waals surface area contributed by atoms with Gasteiger partial charge in [-0.15, -0.1) is 0 Å². The third-order valence-corrected chi connectivity index (χ3v) is 4.95. The van der Waals surface area contributed by atoms with E-state index in [1.807, 2.05) is 0 Å². The Morgan fingerprint density at radius 3 is 2.93 bits per heavy atom. The van der Waals surface area contributed by atoms with Gasteiger partial charge >= 0.3 is 5.63 Å². The Morgan fingerprint density at radius 1 is 1.25 bits per heavy atom. The summed E-state index contributed by atoms with van der Waals surface area (Å²) in [4.78, 5) is 17.2. The van der Waals surface area contributed by atoms with Crippen LogP contribution in [0.2, 0.25) is 0 Å². The zero-order chi connectivity index (χ0) is 19.5. The second-order valence-electron chi connectivity index (χ2n) is 5.81. The molecule has 0 bridgehead atoms. The molecule has 0 saturated heterocycles. The lowest BCUT2D eigenvalue weighted by Crippen LogP contribution is -2.01. The highest BCUT2D eigenvalue weighted by Crippen LogP contribution is 2.30. The standard InChI is InChI=1S/C20H15N3O4S/c1-26-14-6-7-17-13(8-14)9-15(19(25)27-17)18-11-21-20(28-18)23-22-10-12-4-2-3-5-16(12)24/h2-11,24H,1H3,(H,21,23)/b22-10+. The van der Waals surface area contributed by atoms with Crippen LogP contribution in [0.3, 0.4) is 0 Å². The largest absolute Gasteiger partial charge is 0.507 e. The summed E-state index contributed by atoms with van der Waals surface area (Å²) in [6.45, 7) is 0. The molecule has 2 aromatic carbocycles. The van der Waals surface area contributed by atoms with Crippen molar-refractivity contribution in [3.63, 3.8) is 0 Å². The molecule has 0 aliphatic carbocycles. The lowest BCUT2D eigenvalue weighted by molar-refractivity contribution is 0.415. The average Bonchev–Trinajstić information content (AvgIpc) is 3.17. The van der Waals surface area contributed by atoms with Crippen molar-refractivity contribution in [3.8, 4) is 21.9 Å². The number of aromatic hydroxyl groups is 1. The lowest BCUT2D eigenvalue weighted by Gasteiger charge is -2.03. The zero-order valence-corrected chi connectivity index (χ0v) is 15.6. The molecule has 2 heterocycles. The van der Waals surface area contributed by atoms with Gasteiger partial charge in [0.05, 0.1) is 23.8 Å². The van der Waals surface area contributed by atoms with Crippen LogP contribution >= 0.6 is 11.3 Å². The first kappa shape index (κ1) is 17.7. The number of hydrogen-bond acceptors (Lipinski definition) is 8. The fraction of sp³-hybridized carbons (Fsp3) is 0.0500. The summed E-state index contributed by atoms with van der Waals surface area (Å²) < 4.78 is 10.6. The number of benzene rings is 2. The molecule has 7 nitrogen and oxygen atoms in total. The molecule has 4 rings (SSSR count). The maximum absolute atomic E-state index is 12.3. The van der Waals surface area contributed by atoms with Crippen molar-refractivity contribution in [2.45, 2.75) is 0 Å².